The summed E-state index contributed by atoms with van der Waals surface area (Å²) in [4.78, 5) is 45.8. The van der Waals surface area contributed by atoms with Crippen LogP contribution >= 0.6 is 0 Å². The Balaban J connectivity index is 0.000000240. The Morgan fingerprint density at radius 3 is 1.30 bits per heavy atom. The molecule has 0 heterocycles. The van der Waals surface area contributed by atoms with Gasteiger partial charge in [-0.2, -0.15) is 0 Å². The van der Waals surface area contributed by atoms with E-state index in [0.29, 0.717) is 36.2 Å². The van der Waals surface area contributed by atoms with Gasteiger partial charge in [-0.15, -0.1) is 0 Å². The third-order valence-corrected chi connectivity index (χ3v) is 9.98. The highest BCUT2D eigenvalue weighted by Crippen LogP contribution is 2.61. The number of hydrogen-bond acceptors (Lipinski definition) is 8. The molecule has 2 N–H and O–H groups in total. The zero-order valence-corrected chi connectivity index (χ0v) is 27.2. The van der Waals surface area contributed by atoms with Crippen molar-refractivity contribution in [3.8, 4) is 0 Å². The Kier molecular flexibility index (Phi) is 11.1. The number of esters is 2. The highest BCUT2D eigenvalue weighted by atomic mass is 16.6. The maximum atomic E-state index is 11.7. The largest absolute Gasteiger partial charge is 0.460 e. The first-order valence-electron chi connectivity index (χ1n) is 15.4. The zero-order valence-electron chi connectivity index (χ0n) is 27.2. The van der Waals surface area contributed by atoms with Gasteiger partial charge >= 0.3 is 24.1 Å². The smallest absolute Gasteiger partial charge is 0.407 e. The van der Waals surface area contributed by atoms with Gasteiger partial charge in [0.05, 0.1) is 26.3 Å². The maximum Gasteiger partial charge on any atom is 0.407 e. The molecule has 4 aliphatic rings. The van der Waals surface area contributed by atoms with E-state index >= 15 is 0 Å². The molecule has 4 rings (SSSR count). The highest BCUT2D eigenvalue weighted by molar-refractivity contribution is 5.87. The number of carbonyl (C=O) groups is 4. The van der Waals surface area contributed by atoms with E-state index in [4.69, 9.17) is 18.9 Å². The summed E-state index contributed by atoms with van der Waals surface area (Å²) in [6.45, 7) is 20.4. The van der Waals surface area contributed by atoms with Crippen molar-refractivity contribution in [3.63, 3.8) is 0 Å². The molecule has 6 unspecified atom stereocenters. The van der Waals surface area contributed by atoms with Crippen LogP contribution in [0.1, 0.15) is 67.2 Å². The topological polar surface area (TPSA) is 129 Å². The van der Waals surface area contributed by atoms with Gasteiger partial charge in [0.2, 0.25) is 0 Å². The maximum absolute atomic E-state index is 11.7. The Hall–Kier alpha value is -3.56. The summed E-state index contributed by atoms with van der Waals surface area (Å²) in [5.41, 5.74) is 0.914. The van der Waals surface area contributed by atoms with Crippen LogP contribution in [0.25, 0.3) is 0 Å². The Labute approximate surface area is 261 Å². The van der Waals surface area contributed by atoms with E-state index in [0.717, 1.165) is 25.7 Å². The fourth-order valence-corrected chi connectivity index (χ4v) is 6.70. The molecule has 0 aromatic heterocycles. The second-order valence-electron chi connectivity index (χ2n) is 13.8. The number of ether oxygens (including phenoxy) is 4. The van der Waals surface area contributed by atoms with Crippen LogP contribution in [0, 0.1) is 33.5 Å². The van der Waals surface area contributed by atoms with E-state index in [1.807, 2.05) is 0 Å². The lowest BCUT2D eigenvalue weighted by Gasteiger charge is -2.39. The van der Waals surface area contributed by atoms with Crippen molar-refractivity contribution < 1.29 is 38.1 Å². The van der Waals surface area contributed by atoms with Crippen molar-refractivity contribution >= 4 is 24.1 Å². The number of nitrogens with one attached hydrogen (secondary N) is 2. The number of allylic oxidation sites excluding steroid dienone is 4. The van der Waals surface area contributed by atoms with Gasteiger partial charge in [0.15, 0.2) is 0 Å². The lowest BCUT2D eigenvalue weighted by Crippen LogP contribution is -2.38. The fourth-order valence-electron chi connectivity index (χ4n) is 6.70. The Morgan fingerprint density at radius 1 is 0.659 bits per heavy atom. The van der Waals surface area contributed by atoms with Gasteiger partial charge in [-0.05, 0) is 62.2 Å². The van der Waals surface area contributed by atoms with E-state index in [-0.39, 0.29) is 48.0 Å². The molecule has 0 aromatic rings. The quantitative estimate of drug-likeness (QED) is 0.0949. The molecule has 6 atom stereocenters. The third kappa shape index (κ3) is 8.33. The predicted octanol–water partition coefficient (Wildman–Crippen LogP) is 5.65. The molecule has 0 aliphatic heterocycles. The average molecular weight is 615 g/mol. The predicted molar refractivity (Wildman–Crippen MR) is 166 cm³/mol. The first-order chi connectivity index (χ1) is 20.5. The molecule has 10 nitrogen and oxygen atoms in total. The molecular weight excluding hydrogens is 564 g/mol. The van der Waals surface area contributed by atoms with Crippen LogP contribution < -0.4 is 10.6 Å². The molecule has 2 saturated carbocycles. The summed E-state index contributed by atoms with van der Waals surface area (Å²) in [5.74, 6) is 0.320. The lowest BCUT2D eigenvalue weighted by molar-refractivity contribution is -0.139. The normalized spacial score (nSPS) is 31.9. The van der Waals surface area contributed by atoms with Crippen molar-refractivity contribution in [2.45, 2.75) is 67.2 Å². The van der Waals surface area contributed by atoms with Gasteiger partial charge < -0.3 is 29.6 Å². The van der Waals surface area contributed by atoms with Crippen molar-refractivity contribution in [1.82, 2.24) is 10.6 Å². The van der Waals surface area contributed by atoms with Gasteiger partial charge in [-0.1, -0.05) is 65.2 Å². The molecule has 0 radical (unpaired) electrons. The van der Waals surface area contributed by atoms with E-state index in [2.05, 4.69) is 75.8 Å². The molecule has 44 heavy (non-hydrogen) atoms. The minimum atomic E-state index is -0.469. The number of rotatable bonds is 12. The summed E-state index contributed by atoms with van der Waals surface area (Å²) in [5, 5.41) is 5.18. The molecule has 2 fully saturated rings. The molecule has 4 aliphatic carbocycles. The van der Waals surface area contributed by atoms with Crippen LogP contribution in [0.5, 0.6) is 0 Å². The summed E-state index contributed by atoms with van der Waals surface area (Å²) >= 11 is 0. The second kappa shape index (κ2) is 14.0. The van der Waals surface area contributed by atoms with E-state index < -0.39 is 24.1 Å². The molecule has 0 saturated heterocycles. The molecule has 2 amide bonds. The van der Waals surface area contributed by atoms with E-state index in [9.17, 15) is 19.2 Å². The standard InChI is InChI=1S/2C17H25NO4/c2*1-12(2)14(19)21-8-7-18-15(20)22-11-17(4)10-13-5-6-16(17,3)9-13/h2*5-6,13H,1,7-11H2,2-4H3,(H,18,20). The van der Waals surface area contributed by atoms with Crippen LogP contribution in [0.3, 0.4) is 0 Å². The zero-order chi connectivity index (χ0) is 32.8. The minimum Gasteiger partial charge on any atom is -0.460 e. The second-order valence-corrected chi connectivity index (χ2v) is 13.8. The van der Waals surface area contributed by atoms with E-state index in [1.165, 1.54) is 0 Å². The first-order valence-corrected chi connectivity index (χ1v) is 15.4. The SMILES string of the molecule is C=C(C)C(=O)OCCNC(=O)OCC1(C)CC2C=CC1(C)C2.C=C(C)C(=O)OCCNC(=O)OCC1(C)CC2C=CC1(C)C2. The highest BCUT2D eigenvalue weighted by Gasteiger charge is 2.55. The third-order valence-electron chi connectivity index (χ3n) is 9.98. The molecule has 244 valence electrons. The van der Waals surface area contributed by atoms with Crippen molar-refractivity contribution in [1.29, 1.82) is 0 Å². The van der Waals surface area contributed by atoms with Gasteiger partial charge in [-0.25, -0.2) is 19.2 Å². The van der Waals surface area contributed by atoms with Crippen molar-refractivity contribution in [3.05, 3.63) is 48.6 Å². The monoisotopic (exact) mass is 614 g/mol. The van der Waals surface area contributed by atoms with Crippen LogP contribution in [0.2, 0.25) is 0 Å². The minimum absolute atomic E-state index is 0.00379. The number of hydrogen-bond donors (Lipinski definition) is 2. The molecular formula is C34H50N2O8. The first kappa shape index (κ1) is 34.9. The van der Waals surface area contributed by atoms with Gasteiger partial charge in [-0.3, -0.25) is 0 Å². The summed E-state index contributed by atoms with van der Waals surface area (Å²) in [6, 6.07) is 0. The molecule has 10 heteroatoms. The summed E-state index contributed by atoms with van der Waals surface area (Å²) in [7, 11) is 0. The molecule has 0 spiro atoms. The molecule has 0 aromatic carbocycles. The lowest BCUT2D eigenvalue weighted by atomic mass is 9.68. The van der Waals surface area contributed by atoms with Crippen molar-refractivity contribution in [2.75, 3.05) is 39.5 Å². The average Bonchev–Trinajstić information content (AvgIpc) is 3.66. The van der Waals surface area contributed by atoms with Gasteiger partial charge in [0.25, 0.3) is 0 Å². The van der Waals surface area contributed by atoms with Gasteiger partial charge in [0, 0.05) is 22.0 Å². The van der Waals surface area contributed by atoms with Crippen LogP contribution in [-0.4, -0.2) is 63.6 Å². The number of fused-ring (bicyclic) bond motifs is 4. The fraction of sp³-hybridized carbons (Fsp3) is 0.647. The summed E-state index contributed by atoms with van der Waals surface area (Å²) in [6.07, 6.45) is 12.5. The van der Waals surface area contributed by atoms with Crippen LogP contribution in [-0.2, 0) is 28.5 Å². The summed E-state index contributed by atoms with van der Waals surface area (Å²) < 4.78 is 20.5. The molecule has 4 bridgehead atoms. The Morgan fingerprint density at radius 2 is 1.02 bits per heavy atom. The Bertz CT molecular complexity index is 1120. The van der Waals surface area contributed by atoms with Gasteiger partial charge in [0.1, 0.15) is 13.2 Å². The van der Waals surface area contributed by atoms with Crippen LogP contribution in [0.4, 0.5) is 9.59 Å². The number of alkyl carbamates (subject to hydrolysis) is 2. The number of amides is 2. The van der Waals surface area contributed by atoms with E-state index in [1.54, 1.807) is 13.8 Å². The number of carbonyl (C=O) groups excluding carboxylic acids is 4. The van der Waals surface area contributed by atoms with Crippen LogP contribution in [0.15, 0.2) is 48.6 Å². The van der Waals surface area contributed by atoms with Crippen molar-refractivity contribution in [2.24, 2.45) is 33.5 Å².